The van der Waals surface area contributed by atoms with Crippen LogP contribution in [0.5, 0.6) is 5.75 Å². The van der Waals surface area contributed by atoms with Crippen molar-refractivity contribution in [1.82, 2.24) is 29.6 Å². The number of fused-ring (bicyclic) bond motifs is 1. The van der Waals surface area contributed by atoms with Gasteiger partial charge in [0.2, 0.25) is 0 Å². The smallest absolute Gasteiger partial charge is 0.272 e. The first-order chi connectivity index (χ1) is 15.0. The molecule has 0 aliphatic carbocycles. The number of carbonyl (C=O) groups excluding carboxylic acids is 2. The molecule has 0 fully saturated rings. The number of hydrogen-bond donors (Lipinski definition) is 1. The fraction of sp³-hybridized carbons (Fsp3) is 0.381. The van der Waals surface area contributed by atoms with E-state index in [4.69, 9.17) is 4.74 Å². The highest BCUT2D eigenvalue weighted by Gasteiger charge is 2.31. The topological polar surface area (TPSA) is 102 Å². The third-order valence-corrected chi connectivity index (χ3v) is 6.21. The SMILES string of the molecule is CCn1nc(C(=O)NCc2ccc(OC)cc2)c2c1CCN(C(=O)c1snnc1C)C2. The molecule has 10 heteroatoms. The van der Waals surface area contributed by atoms with E-state index in [1.165, 1.54) is 0 Å². The Bertz CT molecular complexity index is 1110. The number of rotatable bonds is 6. The summed E-state index contributed by atoms with van der Waals surface area (Å²) >= 11 is 1.10. The van der Waals surface area contributed by atoms with Crippen LogP contribution in [0, 0.1) is 6.92 Å². The molecule has 31 heavy (non-hydrogen) atoms. The van der Waals surface area contributed by atoms with Gasteiger partial charge in [-0.15, -0.1) is 5.10 Å². The lowest BCUT2D eigenvalue weighted by molar-refractivity contribution is 0.0734. The average Bonchev–Trinajstić information content (AvgIpc) is 3.40. The van der Waals surface area contributed by atoms with Crippen LogP contribution < -0.4 is 10.1 Å². The Morgan fingerprint density at radius 1 is 1.26 bits per heavy atom. The van der Waals surface area contributed by atoms with Gasteiger partial charge in [0.05, 0.1) is 19.3 Å². The van der Waals surface area contributed by atoms with Gasteiger partial charge in [0.15, 0.2) is 5.69 Å². The van der Waals surface area contributed by atoms with Crippen LogP contribution in [0.4, 0.5) is 0 Å². The van der Waals surface area contributed by atoms with Crippen molar-refractivity contribution in [3.63, 3.8) is 0 Å². The van der Waals surface area contributed by atoms with Crippen LogP contribution in [-0.4, -0.2) is 49.7 Å². The molecule has 1 aliphatic heterocycles. The summed E-state index contributed by atoms with van der Waals surface area (Å²) in [6, 6.07) is 7.53. The van der Waals surface area contributed by atoms with Crippen molar-refractivity contribution in [1.29, 1.82) is 0 Å². The number of ether oxygens (including phenoxy) is 1. The van der Waals surface area contributed by atoms with E-state index < -0.39 is 0 Å². The van der Waals surface area contributed by atoms with Crippen molar-refractivity contribution >= 4 is 23.3 Å². The molecule has 0 spiro atoms. The summed E-state index contributed by atoms with van der Waals surface area (Å²) in [4.78, 5) is 28.2. The van der Waals surface area contributed by atoms with Crippen LogP contribution in [0.3, 0.4) is 0 Å². The van der Waals surface area contributed by atoms with E-state index in [1.54, 1.807) is 18.9 Å². The molecule has 1 aromatic carbocycles. The van der Waals surface area contributed by atoms with Crippen LogP contribution in [0.1, 0.15) is 49.6 Å². The molecular formula is C21H24N6O3S. The van der Waals surface area contributed by atoms with Gasteiger partial charge in [0, 0.05) is 37.3 Å². The Morgan fingerprint density at radius 2 is 2.03 bits per heavy atom. The highest BCUT2D eigenvalue weighted by Crippen LogP contribution is 2.25. The maximum Gasteiger partial charge on any atom is 0.272 e. The Balaban J connectivity index is 1.52. The molecule has 162 valence electrons. The van der Waals surface area contributed by atoms with Crippen molar-refractivity contribution in [3.05, 3.63) is 57.4 Å². The van der Waals surface area contributed by atoms with E-state index in [9.17, 15) is 9.59 Å². The van der Waals surface area contributed by atoms with Crippen molar-refractivity contribution in [2.45, 2.75) is 39.9 Å². The monoisotopic (exact) mass is 440 g/mol. The number of aryl methyl sites for hydroxylation is 2. The van der Waals surface area contributed by atoms with Crippen LogP contribution in [0.25, 0.3) is 0 Å². The molecular weight excluding hydrogens is 416 g/mol. The van der Waals surface area contributed by atoms with Crippen LogP contribution in [0.15, 0.2) is 24.3 Å². The van der Waals surface area contributed by atoms with Crippen LogP contribution in [0.2, 0.25) is 0 Å². The molecule has 4 rings (SSSR count). The second kappa shape index (κ2) is 8.84. The third-order valence-electron chi connectivity index (χ3n) is 5.39. The van der Waals surface area contributed by atoms with E-state index in [0.717, 1.165) is 34.1 Å². The Kier molecular flexibility index (Phi) is 5.99. The number of aromatic nitrogens is 4. The minimum atomic E-state index is -0.246. The highest BCUT2D eigenvalue weighted by atomic mass is 32.1. The second-order valence-electron chi connectivity index (χ2n) is 7.28. The second-order valence-corrected chi connectivity index (χ2v) is 8.04. The first-order valence-corrected chi connectivity index (χ1v) is 10.9. The molecule has 1 aliphatic rings. The fourth-order valence-electron chi connectivity index (χ4n) is 3.69. The number of nitrogens with zero attached hydrogens (tertiary/aromatic N) is 5. The molecule has 0 bridgehead atoms. The van der Waals surface area contributed by atoms with Gasteiger partial charge in [0.25, 0.3) is 11.8 Å². The molecule has 0 saturated carbocycles. The van der Waals surface area contributed by atoms with Crippen molar-refractivity contribution < 1.29 is 14.3 Å². The van der Waals surface area contributed by atoms with Gasteiger partial charge in [-0.25, -0.2) is 0 Å². The van der Waals surface area contributed by atoms with Gasteiger partial charge in [-0.1, -0.05) is 16.6 Å². The highest BCUT2D eigenvalue weighted by molar-refractivity contribution is 7.07. The lowest BCUT2D eigenvalue weighted by Crippen LogP contribution is -2.37. The zero-order chi connectivity index (χ0) is 22.0. The standard InChI is InChI=1S/C21H24N6O3S/c1-4-27-17-9-10-26(21(29)19-13(2)23-25-31-19)12-16(17)18(24-27)20(28)22-11-14-5-7-15(30-3)8-6-14/h5-8H,4,9-12H2,1-3H3,(H,22,28). The number of nitrogens with one attached hydrogen (secondary N) is 1. The summed E-state index contributed by atoms with van der Waals surface area (Å²) in [6.07, 6.45) is 0.652. The summed E-state index contributed by atoms with van der Waals surface area (Å²) in [5, 5.41) is 11.4. The summed E-state index contributed by atoms with van der Waals surface area (Å²) in [5.74, 6) is 0.415. The normalized spacial score (nSPS) is 13.1. The maximum atomic E-state index is 13.0. The molecule has 0 radical (unpaired) electrons. The number of hydrogen-bond acceptors (Lipinski definition) is 7. The minimum Gasteiger partial charge on any atom is -0.497 e. The number of methoxy groups -OCH3 is 1. The fourth-order valence-corrected chi connectivity index (χ4v) is 4.31. The van der Waals surface area contributed by atoms with Crippen molar-refractivity contribution in [2.75, 3.05) is 13.7 Å². The van der Waals surface area contributed by atoms with Crippen LogP contribution in [-0.2, 0) is 26.1 Å². The Hall–Kier alpha value is -3.27. The van der Waals surface area contributed by atoms with Gasteiger partial charge in [-0.05, 0) is 43.1 Å². The van der Waals surface area contributed by atoms with E-state index in [2.05, 4.69) is 20.0 Å². The first kappa shape index (κ1) is 21.0. The summed E-state index contributed by atoms with van der Waals surface area (Å²) in [5.41, 5.74) is 3.79. The van der Waals surface area contributed by atoms with Crippen molar-refractivity contribution in [2.24, 2.45) is 0 Å². The predicted molar refractivity (Wildman–Crippen MR) is 115 cm³/mol. The summed E-state index contributed by atoms with van der Waals surface area (Å²) in [7, 11) is 1.62. The molecule has 0 saturated heterocycles. The number of amides is 2. The van der Waals surface area contributed by atoms with Gasteiger partial charge >= 0.3 is 0 Å². The third kappa shape index (κ3) is 4.15. The minimum absolute atomic E-state index is 0.105. The summed E-state index contributed by atoms with van der Waals surface area (Å²) < 4.78 is 10.9. The molecule has 0 unspecified atom stereocenters. The Morgan fingerprint density at radius 3 is 2.68 bits per heavy atom. The van der Waals surface area contributed by atoms with Gasteiger partial charge < -0.3 is 15.0 Å². The predicted octanol–water partition coefficient (Wildman–Crippen LogP) is 2.20. The molecule has 2 aromatic heterocycles. The average molecular weight is 441 g/mol. The molecule has 0 atom stereocenters. The van der Waals surface area contributed by atoms with E-state index in [-0.39, 0.29) is 11.8 Å². The van der Waals surface area contributed by atoms with Gasteiger partial charge in [-0.3, -0.25) is 14.3 Å². The van der Waals surface area contributed by atoms with Crippen molar-refractivity contribution in [3.8, 4) is 5.75 Å². The summed E-state index contributed by atoms with van der Waals surface area (Å²) in [6.45, 7) is 5.74. The number of benzene rings is 1. The zero-order valence-electron chi connectivity index (χ0n) is 17.7. The van der Waals surface area contributed by atoms with E-state index in [0.29, 0.717) is 48.9 Å². The molecule has 1 N–H and O–H groups in total. The molecule has 3 aromatic rings. The Labute approximate surface area is 184 Å². The first-order valence-electron chi connectivity index (χ1n) is 10.1. The molecule has 2 amide bonds. The van der Waals surface area contributed by atoms with Gasteiger partial charge in [0.1, 0.15) is 10.6 Å². The largest absolute Gasteiger partial charge is 0.497 e. The quantitative estimate of drug-likeness (QED) is 0.630. The molecule has 9 nitrogen and oxygen atoms in total. The lowest BCUT2D eigenvalue weighted by Gasteiger charge is -2.27. The molecule has 3 heterocycles. The zero-order valence-corrected chi connectivity index (χ0v) is 18.5. The van der Waals surface area contributed by atoms with E-state index >= 15 is 0 Å². The lowest BCUT2D eigenvalue weighted by atomic mass is 10.0. The maximum absolute atomic E-state index is 13.0. The number of carbonyl (C=O) groups is 2. The van der Waals surface area contributed by atoms with Crippen LogP contribution >= 0.6 is 11.5 Å². The van der Waals surface area contributed by atoms with Gasteiger partial charge in [-0.2, -0.15) is 5.10 Å². The van der Waals surface area contributed by atoms with E-state index in [1.807, 2.05) is 35.9 Å².